The van der Waals surface area contributed by atoms with Crippen LogP contribution in [-0.2, 0) is 13.3 Å². The van der Waals surface area contributed by atoms with Crippen molar-refractivity contribution in [3.63, 3.8) is 0 Å². The van der Waals surface area contributed by atoms with Crippen LogP contribution in [0.1, 0.15) is 49.0 Å². The zero-order chi connectivity index (χ0) is 21.8. The number of hydrogen-bond acceptors (Lipinski definition) is 6. The first-order valence-electron chi connectivity index (χ1n) is 10.6. The van der Waals surface area contributed by atoms with Crippen molar-refractivity contribution in [3.8, 4) is 0 Å². The molecule has 0 amide bonds. The Balaban J connectivity index is 1.75. The molecule has 2 aromatic heterocycles. The highest BCUT2D eigenvalue weighted by Gasteiger charge is 2.21. The third kappa shape index (κ3) is 5.53. The molecule has 30 heavy (non-hydrogen) atoms. The van der Waals surface area contributed by atoms with Crippen molar-refractivity contribution in [2.24, 2.45) is 0 Å². The van der Waals surface area contributed by atoms with Crippen LogP contribution in [-0.4, -0.2) is 47.5 Å². The SMILES string of the molecule is CSC(=S)C1=C(NCC(C)N(Cn2nc(C)cc2C)Cn2nc(C)cc2C)CCC1. The lowest BCUT2D eigenvalue weighted by atomic mass is 10.2. The van der Waals surface area contributed by atoms with Crippen LogP contribution in [0.5, 0.6) is 0 Å². The molecule has 1 unspecified atom stereocenters. The molecule has 0 saturated carbocycles. The van der Waals surface area contributed by atoms with Gasteiger partial charge in [-0.3, -0.25) is 14.3 Å². The summed E-state index contributed by atoms with van der Waals surface area (Å²) in [6.45, 7) is 12.9. The molecule has 0 spiro atoms. The van der Waals surface area contributed by atoms with E-state index in [9.17, 15) is 0 Å². The highest BCUT2D eigenvalue weighted by molar-refractivity contribution is 8.23. The Hall–Kier alpha value is -1.64. The molecule has 1 aliphatic carbocycles. The summed E-state index contributed by atoms with van der Waals surface area (Å²) in [6, 6.07) is 4.56. The summed E-state index contributed by atoms with van der Waals surface area (Å²) in [6.07, 6.45) is 5.45. The van der Waals surface area contributed by atoms with Gasteiger partial charge < -0.3 is 5.32 Å². The van der Waals surface area contributed by atoms with Gasteiger partial charge in [0.2, 0.25) is 0 Å². The smallest absolute Gasteiger partial charge is 0.0949 e. The van der Waals surface area contributed by atoms with Crippen LogP contribution in [0.2, 0.25) is 0 Å². The molecule has 0 bridgehead atoms. The first kappa shape index (κ1) is 23.0. The second-order valence-corrected chi connectivity index (χ2v) is 9.74. The Kier molecular flexibility index (Phi) is 7.76. The molecule has 6 nitrogen and oxygen atoms in total. The normalized spacial score (nSPS) is 15.3. The van der Waals surface area contributed by atoms with Gasteiger partial charge in [-0.15, -0.1) is 11.8 Å². The Labute approximate surface area is 190 Å². The summed E-state index contributed by atoms with van der Waals surface area (Å²) in [5, 5.41) is 13.1. The van der Waals surface area contributed by atoms with Gasteiger partial charge in [0.15, 0.2) is 0 Å². The monoisotopic (exact) mass is 446 g/mol. The van der Waals surface area contributed by atoms with Gasteiger partial charge in [0.25, 0.3) is 0 Å². The average Bonchev–Trinajstić information content (AvgIpc) is 3.38. The first-order valence-corrected chi connectivity index (χ1v) is 12.2. The minimum atomic E-state index is 0.301. The van der Waals surface area contributed by atoms with Crippen molar-refractivity contribution in [3.05, 3.63) is 46.2 Å². The Morgan fingerprint density at radius 3 is 2.13 bits per heavy atom. The highest BCUT2D eigenvalue weighted by Crippen LogP contribution is 2.28. The molecule has 1 N–H and O–H groups in total. The Bertz CT molecular complexity index is 878. The number of hydrogen-bond donors (Lipinski definition) is 1. The Morgan fingerprint density at radius 2 is 1.67 bits per heavy atom. The van der Waals surface area contributed by atoms with Crippen molar-refractivity contribution in [2.75, 3.05) is 12.8 Å². The fraction of sp³-hybridized carbons (Fsp3) is 0.591. The molecule has 0 aliphatic heterocycles. The molecule has 8 heteroatoms. The van der Waals surface area contributed by atoms with Crippen molar-refractivity contribution in [1.29, 1.82) is 0 Å². The standard InChI is InChI=1S/C22H34N6S2/c1-15-10-17(3)27(24-15)13-26(14-28-18(4)11-16(2)25-28)19(5)12-23-21-9-7-8-20(21)22(29)30-6/h10-11,19,23H,7-9,12-14H2,1-6H3. The number of aromatic nitrogens is 4. The summed E-state index contributed by atoms with van der Waals surface area (Å²) in [5.74, 6) is 0. The van der Waals surface area contributed by atoms with E-state index in [-0.39, 0.29) is 0 Å². The van der Waals surface area contributed by atoms with Crippen LogP contribution < -0.4 is 5.32 Å². The van der Waals surface area contributed by atoms with E-state index in [1.165, 1.54) is 29.1 Å². The van der Waals surface area contributed by atoms with Crippen molar-refractivity contribution < 1.29 is 0 Å². The van der Waals surface area contributed by atoms with E-state index in [2.05, 4.69) is 68.9 Å². The molecule has 0 aromatic carbocycles. The topological polar surface area (TPSA) is 50.9 Å². The molecule has 0 radical (unpaired) electrons. The lowest BCUT2D eigenvalue weighted by Crippen LogP contribution is -2.43. The first-order chi connectivity index (χ1) is 14.3. The number of thiocarbonyl (C=S) groups is 1. The third-order valence-electron chi connectivity index (χ3n) is 5.72. The van der Waals surface area contributed by atoms with E-state index in [1.807, 2.05) is 13.8 Å². The van der Waals surface area contributed by atoms with Gasteiger partial charge in [-0.05, 0) is 77.8 Å². The van der Waals surface area contributed by atoms with Crippen LogP contribution in [0.15, 0.2) is 23.4 Å². The van der Waals surface area contributed by atoms with Gasteiger partial charge in [-0.1, -0.05) is 12.2 Å². The van der Waals surface area contributed by atoms with E-state index >= 15 is 0 Å². The molecular weight excluding hydrogens is 412 g/mol. The van der Waals surface area contributed by atoms with Gasteiger partial charge in [-0.2, -0.15) is 10.2 Å². The predicted molar refractivity (Wildman–Crippen MR) is 130 cm³/mol. The zero-order valence-electron chi connectivity index (χ0n) is 19.0. The van der Waals surface area contributed by atoms with E-state index in [1.54, 1.807) is 11.8 Å². The quantitative estimate of drug-likeness (QED) is 0.579. The van der Waals surface area contributed by atoms with Gasteiger partial charge in [-0.25, -0.2) is 0 Å². The summed E-state index contributed by atoms with van der Waals surface area (Å²) in [7, 11) is 0. The fourth-order valence-corrected chi connectivity index (χ4v) is 4.69. The maximum absolute atomic E-state index is 5.56. The maximum Gasteiger partial charge on any atom is 0.0949 e. The van der Waals surface area contributed by atoms with Crippen molar-refractivity contribution >= 4 is 28.2 Å². The number of nitrogens with one attached hydrogen (secondary N) is 1. The van der Waals surface area contributed by atoms with Crippen LogP contribution >= 0.6 is 24.0 Å². The second-order valence-electron chi connectivity index (χ2n) is 8.26. The summed E-state index contributed by atoms with van der Waals surface area (Å²) < 4.78 is 5.20. The molecule has 3 rings (SSSR count). The summed E-state index contributed by atoms with van der Waals surface area (Å²) in [5.41, 5.74) is 7.13. The molecule has 1 atom stereocenters. The number of thioether (sulfide) groups is 1. The van der Waals surface area contributed by atoms with Crippen LogP contribution in [0.3, 0.4) is 0 Å². The van der Waals surface area contributed by atoms with Crippen LogP contribution in [0.25, 0.3) is 0 Å². The molecule has 2 aromatic rings. The van der Waals surface area contributed by atoms with Gasteiger partial charge >= 0.3 is 0 Å². The molecule has 2 heterocycles. The zero-order valence-corrected chi connectivity index (χ0v) is 20.7. The average molecular weight is 447 g/mol. The molecule has 164 valence electrons. The number of aryl methyl sites for hydroxylation is 4. The predicted octanol–water partition coefficient (Wildman–Crippen LogP) is 4.34. The second kappa shape index (κ2) is 10.1. The molecule has 1 aliphatic rings. The number of nitrogens with zero attached hydrogens (tertiary/aromatic N) is 5. The fourth-order valence-electron chi connectivity index (χ4n) is 3.99. The molecule has 0 fully saturated rings. The minimum Gasteiger partial charge on any atom is -0.387 e. The lowest BCUT2D eigenvalue weighted by molar-refractivity contribution is 0.103. The summed E-state index contributed by atoms with van der Waals surface area (Å²) >= 11 is 7.24. The Morgan fingerprint density at radius 1 is 1.10 bits per heavy atom. The van der Waals surface area contributed by atoms with Crippen LogP contribution in [0.4, 0.5) is 0 Å². The van der Waals surface area contributed by atoms with E-state index < -0.39 is 0 Å². The van der Waals surface area contributed by atoms with Crippen molar-refractivity contribution in [2.45, 2.75) is 73.3 Å². The van der Waals surface area contributed by atoms with Crippen LogP contribution in [0, 0.1) is 27.7 Å². The van der Waals surface area contributed by atoms with Gasteiger partial charge in [0.05, 0.1) is 28.9 Å². The third-order valence-corrected chi connectivity index (χ3v) is 7.09. The van der Waals surface area contributed by atoms with Crippen molar-refractivity contribution in [1.82, 2.24) is 29.8 Å². The lowest BCUT2D eigenvalue weighted by Gasteiger charge is -2.30. The largest absolute Gasteiger partial charge is 0.387 e. The maximum atomic E-state index is 5.56. The molecular formula is C22H34N6S2. The van der Waals surface area contributed by atoms with E-state index in [0.717, 1.165) is 48.3 Å². The number of rotatable bonds is 9. The summed E-state index contributed by atoms with van der Waals surface area (Å²) in [4.78, 5) is 2.42. The van der Waals surface area contributed by atoms with E-state index in [0.29, 0.717) is 6.04 Å². The minimum absolute atomic E-state index is 0.301. The van der Waals surface area contributed by atoms with Gasteiger partial charge in [0, 0.05) is 29.7 Å². The molecule has 0 saturated heterocycles. The highest BCUT2D eigenvalue weighted by atomic mass is 32.2. The van der Waals surface area contributed by atoms with E-state index in [4.69, 9.17) is 12.2 Å². The number of allylic oxidation sites excluding steroid dienone is 1. The van der Waals surface area contributed by atoms with Gasteiger partial charge in [0.1, 0.15) is 0 Å².